The fourth-order valence-corrected chi connectivity index (χ4v) is 3.00. The number of aryl methyl sites for hydroxylation is 1. The van der Waals surface area contributed by atoms with E-state index in [9.17, 15) is 4.79 Å². The van der Waals surface area contributed by atoms with Crippen LogP contribution in [0.3, 0.4) is 0 Å². The lowest BCUT2D eigenvalue weighted by molar-refractivity contribution is -0.114. The molecular formula is C17H26N2O. The summed E-state index contributed by atoms with van der Waals surface area (Å²) in [5.74, 6) is -0.0248. The summed E-state index contributed by atoms with van der Waals surface area (Å²) in [6, 6.07) is 6.71. The number of rotatable bonds is 3. The van der Waals surface area contributed by atoms with Crippen molar-refractivity contribution >= 4 is 17.3 Å². The van der Waals surface area contributed by atoms with Gasteiger partial charge in [0.1, 0.15) is 0 Å². The molecule has 1 aromatic rings. The third-order valence-corrected chi connectivity index (χ3v) is 4.40. The quantitative estimate of drug-likeness (QED) is 0.861. The predicted octanol–water partition coefficient (Wildman–Crippen LogP) is 4.33. The number of benzene rings is 1. The van der Waals surface area contributed by atoms with Gasteiger partial charge >= 0.3 is 0 Å². The van der Waals surface area contributed by atoms with Gasteiger partial charge in [-0.2, -0.15) is 0 Å². The van der Waals surface area contributed by atoms with Crippen LogP contribution < -0.4 is 10.6 Å². The molecule has 1 aromatic carbocycles. The van der Waals surface area contributed by atoms with Crippen LogP contribution in [0.15, 0.2) is 18.2 Å². The minimum Gasteiger partial charge on any atom is -0.382 e. The molecule has 3 heteroatoms. The fraction of sp³-hybridized carbons (Fsp3) is 0.588. The summed E-state index contributed by atoms with van der Waals surface area (Å²) in [6.07, 6.45) is 5.12. The molecule has 20 heavy (non-hydrogen) atoms. The van der Waals surface area contributed by atoms with Gasteiger partial charge in [-0.1, -0.05) is 32.8 Å². The first kappa shape index (κ1) is 14.9. The molecule has 1 atom stereocenters. The molecule has 0 heterocycles. The Morgan fingerprint density at radius 1 is 1.30 bits per heavy atom. The minimum atomic E-state index is -0.0248. The summed E-state index contributed by atoms with van der Waals surface area (Å²) in [5.41, 5.74) is 3.42. The first-order chi connectivity index (χ1) is 9.38. The normalized spacial score (nSPS) is 21.3. The SMILES string of the molecule is CC(=O)Nc1cc(NC2CCCCC2(C)C)ccc1C. The van der Waals surface area contributed by atoms with Crippen molar-refractivity contribution in [1.29, 1.82) is 0 Å². The maximum absolute atomic E-state index is 11.2. The second-order valence-corrected chi connectivity index (χ2v) is 6.64. The van der Waals surface area contributed by atoms with Gasteiger partial charge in [-0.3, -0.25) is 4.79 Å². The lowest BCUT2D eigenvalue weighted by Gasteiger charge is -2.39. The third kappa shape index (κ3) is 3.53. The molecule has 2 N–H and O–H groups in total. The van der Waals surface area contributed by atoms with Crippen molar-refractivity contribution in [3.63, 3.8) is 0 Å². The van der Waals surface area contributed by atoms with Gasteiger partial charge in [0, 0.05) is 24.3 Å². The van der Waals surface area contributed by atoms with Crippen LogP contribution >= 0.6 is 0 Å². The van der Waals surface area contributed by atoms with E-state index < -0.39 is 0 Å². The molecule has 0 radical (unpaired) electrons. The highest BCUT2D eigenvalue weighted by Gasteiger charge is 2.31. The smallest absolute Gasteiger partial charge is 0.221 e. The first-order valence-electron chi connectivity index (χ1n) is 7.53. The van der Waals surface area contributed by atoms with Crippen molar-refractivity contribution in [2.75, 3.05) is 10.6 Å². The standard InChI is InChI=1S/C17H26N2O/c1-12-8-9-14(11-15(12)18-13(2)20)19-16-7-5-6-10-17(16,3)4/h8-9,11,16,19H,5-7,10H2,1-4H3,(H,18,20). The minimum absolute atomic E-state index is 0.0248. The summed E-state index contributed by atoms with van der Waals surface area (Å²) in [7, 11) is 0. The summed E-state index contributed by atoms with van der Waals surface area (Å²) < 4.78 is 0. The molecule has 1 aliphatic carbocycles. The zero-order valence-electron chi connectivity index (χ0n) is 13.0. The van der Waals surface area contributed by atoms with Crippen molar-refractivity contribution in [1.82, 2.24) is 0 Å². The lowest BCUT2D eigenvalue weighted by atomic mass is 9.73. The van der Waals surface area contributed by atoms with Gasteiger partial charge in [0.05, 0.1) is 0 Å². The van der Waals surface area contributed by atoms with Crippen molar-refractivity contribution in [2.45, 2.75) is 59.4 Å². The number of amides is 1. The van der Waals surface area contributed by atoms with E-state index in [0.29, 0.717) is 11.5 Å². The fourth-order valence-electron chi connectivity index (χ4n) is 3.00. The summed E-state index contributed by atoms with van der Waals surface area (Å²) in [5, 5.41) is 6.55. The van der Waals surface area contributed by atoms with E-state index in [1.807, 2.05) is 13.0 Å². The van der Waals surface area contributed by atoms with Crippen molar-refractivity contribution in [2.24, 2.45) is 5.41 Å². The Morgan fingerprint density at radius 2 is 2.05 bits per heavy atom. The Balaban J connectivity index is 2.14. The number of carbonyl (C=O) groups is 1. The maximum atomic E-state index is 11.2. The highest BCUT2D eigenvalue weighted by molar-refractivity contribution is 5.90. The Hall–Kier alpha value is -1.51. The third-order valence-electron chi connectivity index (χ3n) is 4.40. The predicted molar refractivity (Wildman–Crippen MR) is 85.1 cm³/mol. The molecule has 3 nitrogen and oxygen atoms in total. The van der Waals surface area contributed by atoms with Gasteiger partial charge in [-0.15, -0.1) is 0 Å². The molecule has 0 spiro atoms. The highest BCUT2D eigenvalue weighted by Crippen LogP contribution is 2.37. The van der Waals surface area contributed by atoms with Crippen LogP contribution in [0.2, 0.25) is 0 Å². The van der Waals surface area contributed by atoms with Crippen LogP contribution in [-0.2, 0) is 4.79 Å². The monoisotopic (exact) mass is 274 g/mol. The molecule has 1 saturated carbocycles. The van der Waals surface area contributed by atoms with Crippen LogP contribution in [0.1, 0.15) is 52.0 Å². The maximum Gasteiger partial charge on any atom is 0.221 e. The van der Waals surface area contributed by atoms with Crippen LogP contribution in [0.25, 0.3) is 0 Å². The number of nitrogens with one attached hydrogen (secondary N) is 2. The Kier molecular flexibility index (Phi) is 4.36. The molecule has 110 valence electrons. The summed E-state index contributed by atoms with van der Waals surface area (Å²) in [4.78, 5) is 11.2. The van der Waals surface area contributed by atoms with Gasteiger partial charge < -0.3 is 10.6 Å². The van der Waals surface area contributed by atoms with Crippen molar-refractivity contribution in [3.8, 4) is 0 Å². The molecule has 0 bridgehead atoms. The van der Waals surface area contributed by atoms with E-state index in [-0.39, 0.29) is 5.91 Å². The molecule has 1 unspecified atom stereocenters. The molecule has 0 saturated heterocycles. The molecule has 0 aromatic heterocycles. The van der Waals surface area contributed by atoms with Crippen LogP contribution in [0, 0.1) is 12.3 Å². The van der Waals surface area contributed by atoms with E-state index in [0.717, 1.165) is 16.9 Å². The number of carbonyl (C=O) groups excluding carboxylic acids is 1. The van der Waals surface area contributed by atoms with E-state index >= 15 is 0 Å². The summed E-state index contributed by atoms with van der Waals surface area (Å²) >= 11 is 0. The number of anilines is 2. The van der Waals surface area contributed by atoms with Gasteiger partial charge in [0.15, 0.2) is 0 Å². The zero-order chi connectivity index (χ0) is 14.8. The summed E-state index contributed by atoms with van der Waals surface area (Å²) in [6.45, 7) is 8.24. The Bertz CT molecular complexity index is 494. The first-order valence-corrected chi connectivity index (χ1v) is 7.53. The number of hydrogen-bond donors (Lipinski definition) is 2. The largest absolute Gasteiger partial charge is 0.382 e. The van der Waals surface area contributed by atoms with Gasteiger partial charge in [0.2, 0.25) is 5.91 Å². The molecule has 0 aliphatic heterocycles. The second kappa shape index (κ2) is 5.86. The molecule has 1 amide bonds. The van der Waals surface area contributed by atoms with Gasteiger partial charge in [-0.05, 0) is 42.9 Å². The second-order valence-electron chi connectivity index (χ2n) is 6.64. The Labute approximate surface area is 122 Å². The van der Waals surface area contributed by atoms with E-state index in [1.165, 1.54) is 25.7 Å². The lowest BCUT2D eigenvalue weighted by Crippen LogP contribution is -2.38. The average molecular weight is 274 g/mol. The van der Waals surface area contributed by atoms with Gasteiger partial charge in [0.25, 0.3) is 0 Å². The Morgan fingerprint density at radius 3 is 2.70 bits per heavy atom. The topological polar surface area (TPSA) is 41.1 Å². The van der Waals surface area contributed by atoms with Crippen LogP contribution in [0.4, 0.5) is 11.4 Å². The van der Waals surface area contributed by atoms with Crippen molar-refractivity contribution in [3.05, 3.63) is 23.8 Å². The molecule has 1 aliphatic rings. The van der Waals surface area contributed by atoms with E-state index in [4.69, 9.17) is 0 Å². The zero-order valence-corrected chi connectivity index (χ0v) is 13.0. The molecular weight excluding hydrogens is 248 g/mol. The highest BCUT2D eigenvalue weighted by atomic mass is 16.1. The van der Waals surface area contributed by atoms with Crippen LogP contribution in [-0.4, -0.2) is 11.9 Å². The van der Waals surface area contributed by atoms with Crippen molar-refractivity contribution < 1.29 is 4.79 Å². The van der Waals surface area contributed by atoms with Crippen LogP contribution in [0.5, 0.6) is 0 Å². The van der Waals surface area contributed by atoms with E-state index in [1.54, 1.807) is 6.92 Å². The average Bonchev–Trinajstić information content (AvgIpc) is 2.35. The van der Waals surface area contributed by atoms with E-state index in [2.05, 4.69) is 36.6 Å². The van der Waals surface area contributed by atoms with Gasteiger partial charge in [-0.25, -0.2) is 0 Å². The molecule has 1 fully saturated rings. The number of hydrogen-bond acceptors (Lipinski definition) is 2. The molecule has 2 rings (SSSR count).